The van der Waals surface area contributed by atoms with Gasteiger partial charge in [-0.3, -0.25) is 9.59 Å². The van der Waals surface area contributed by atoms with Crippen molar-refractivity contribution in [2.45, 2.75) is 13.8 Å². The molecule has 10 heteroatoms. The Labute approximate surface area is 177 Å². The minimum absolute atomic E-state index is 0.101. The molecule has 0 aliphatic rings. The summed E-state index contributed by atoms with van der Waals surface area (Å²) in [6, 6.07) is 3.32. The van der Waals surface area contributed by atoms with Crippen LogP contribution in [0.15, 0.2) is 28.9 Å². The van der Waals surface area contributed by atoms with Crippen molar-refractivity contribution in [3.05, 3.63) is 46.2 Å². The molecule has 0 aromatic carbocycles. The molecule has 2 aromatic heterocycles. The lowest BCUT2D eigenvalue weighted by Crippen LogP contribution is -2.21. The molecule has 160 valence electrons. The number of amides is 2. The summed E-state index contributed by atoms with van der Waals surface area (Å²) in [7, 11) is 3.17. The van der Waals surface area contributed by atoms with Gasteiger partial charge in [0.2, 0.25) is 0 Å². The number of thiophene rings is 1. The standard InChI is InChI=1S/C20H22N2O7S/c1-5-27-20(26)16-12(2)17(19(25)22(3)4)30-18(16)21-14(23)11-29-15(24)9-8-13-7-6-10-28-13/h6-10H,5,11H2,1-4H3,(H,21,23). The molecule has 0 saturated heterocycles. The quantitative estimate of drug-likeness (QED) is 0.502. The molecule has 2 rings (SSSR count). The van der Waals surface area contributed by atoms with Crippen molar-refractivity contribution in [2.75, 3.05) is 32.6 Å². The molecule has 0 atom stereocenters. The van der Waals surface area contributed by atoms with E-state index >= 15 is 0 Å². The van der Waals surface area contributed by atoms with Gasteiger partial charge in [0.05, 0.1) is 23.3 Å². The number of rotatable bonds is 8. The number of carbonyl (C=O) groups excluding carboxylic acids is 4. The molecule has 0 unspecified atom stereocenters. The van der Waals surface area contributed by atoms with Gasteiger partial charge < -0.3 is 24.1 Å². The number of nitrogens with one attached hydrogen (secondary N) is 1. The molecule has 0 radical (unpaired) electrons. The highest BCUT2D eigenvalue weighted by Gasteiger charge is 2.27. The maximum absolute atomic E-state index is 12.4. The molecule has 2 amide bonds. The van der Waals surface area contributed by atoms with Crippen molar-refractivity contribution in [1.29, 1.82) is 0 Å². The fourth-order valence-electron chi connectivity index (χ4n) is 2.34. The molecule has 0 aliphatic heterocycles. The number of furan rings is 1. The van der Waals surface area contributed by atoms with Crippen LogP contribution in [0, 0.1) is 6.92 Å². The maximum Gasteiger partial charge on any atom is 0.341 e. The summed E-state index contributed by atoms with van der Waals surface area (Å²) in [6.07, 6.45) is 3.98. The number of ether oxygens (including phenoxy) is 2. The highest BCUT2D eigenvalue weighted by molar-refractivity contribution is 7.18. The largest absolute Gasteiger partial charge is 0.465 e. The van der Waals surface area contributed by atoms with Gasteiger partial charge in [-0.05, 0) is 37.6 Å². The molecule has 0 aliphatic carbocycles. The first-order valence-electron chi connectivity index (χ1n) is 8.94. The zero-order valence-corrected chi connectivity index (χ0v) is 17.8. The van der Waals surface area contributed by atoms with Gasteiger partial charge in [-0.2, -0.15) is 0 Å². The van der Waals surface area contributed by atoms with Gasteiger partial charge in [-0.25, -0.2) is 9.59 Å². The van der Waals surface area contributed by atoms with E-state index in [0.717, 1.165) is 17.4 Å². The Bertz CT molecular complexity index is 958. The SMILES string of the molecule is CCOC(=O)c1c(NC(=O)COC(=O)C=Cc2ccco2)sc(C(=O)N(C)C)c1C. The number of esters is 2. The van der Waals surface area contributed by atoms with Crippen molar-refractivity contribution >= 4 is 46.2 Å². The average Bonchev–Trinajstić information content (AvgIpc) is 3.32. The summed E-state index contributed by atoms with van der Waals surface area (Å²) in [4.78, 5) is 50.3. The smallest absolute Gasteiger partial charge is 0.341 e. The lowest BCUT2D eigenvalue weighted by Gasteiger charge is -2.09. The second-order valence-electron chi connectivity index (χ2n) is 6.19. The molecular formula is C20H22N2O7S. The van der Waals surface area contributed by atoms with Gasteiger partial charge in [-0.15, -0.1) is 11.3 Å². The van der Waals surface area contributed by atoms with Gasteiger partial charge in [-0.1, -0.05) is 0 Å². The molecule has 0 fully saturated rings. The fourth-order valence-corrected chi connectivity index (χ4v) is 3.57. The first-order chi connectivity index (χ1) is 14.2. The molecule has 0 bridgehead atoms. The van der Waals surface area contributed by atoms with Crippen LogP contribution < -0.4 is 5.32 Å². The fraction of sp³-hybridized carbons (Fsp3) is 0.300. The normalized spacial score (nSPS) is 10.7. The predicted octanol–water partition coefficient (Wildman–Crippen LogP) is 2.72. The van der Waals surface area contributed by atoms with E-state index in [1.54, 1.807) is 40.1 Å². The van der Waals surface area contributed by atoms with Crippen LogP contribution in [0.25, 0.3) is 6.08 Å². The first kappa shape index (κ1) is 22.9. The third kappa shape index (κ3) is 5.80. The summed E-state index contributed by atoms with van der Waals surface area (Å²) in [5, 5.41) is 2.67. The second kappa shape index (κ2) is 10.4. The Kier molecular flexibility index (Phi) is 7.93. The molecule has 1 N–H and O–H groups in total. The Morgan fingerprint density at radius 3 is 2.57 bits per heavy atom. The van der Waals surface area contributed by atoms with Crippen LogP contribution >= 0.6 is 11.3 Å². The lowest BCUT2D eigenvalue weighted by molar-refractivity contribution is -0.142. The Hall–Kier alpha value is -3.40. The Morgan fingerprint density at radius 1 is 1.23 bits per heavy atom. The van der Waals surface area contributed by atoms with Crippen molar-refractivity contribution in [2.24, 2.45) is 0 Å². The van der Waals surface area contributed by atoms with E-state index in [9.17, 15) is 19.2 Å². The number of hydrogen-bond donors (Lipinski definition) is 1. The molecule has 2 aromatic rings. The van der Waals surface area contributed by atoms with Crippen LogP contribution in [0.2, 0.25) is 0 Å². The van der Waals surface area contributed by atoms with Crippen LogP contribution in [-0.2, 0) is 19.1 Å². The average molecular weight is 434 g/mol. The van der Waals surface area contributed by atoms with Gasteiger partial charge in [0, 0.05) is 20.2 Å². The molecule has 0 spiro atoms. The van der Waals surface area contributed by atoms with E-state index in [-0.39, 0.29) is 23.1 Å². The van der Waals surface area contributed by atoms with Crippen molar-refractivity contribution < 1.29 is 33.1 Å². The second-order valence-corrected chi connectivity index (χ2v) is 7.21. The minimum Gasteiger partial charge on any atom is -0.465 e. The highest BCUT2D eigenvalue weighted by atomic mass is 32.1. The summed E-state index contributed by atoms with van der Waals surface area (Å²) in [5.74, 6) is -1.90. The highest BCUT2D eigenvalue weighted by Crippen LogP contribution is 2.34. The van der Waals surface area contributed by atoms with E-state index in [1.807, 2.05) is 0 Å². The van der Waals surface area contributed by atoms with E-state index < -0.39 is 24.5 Å². The van der Waals surface area contributed by atoms with E-state index in [2.05, 4.69) is 5.32 Å². The molecule has 9 nitrogen and oxygen atoms in total. The summed E-state index contributed by atoms with van der Waals surface area (Å²) in [5.41, 5.74) is 0.510. The van der Waals surface area contributed by atoms with Gasteiger partial charge >= 0.3 is 11.9 Å². The van der Waals surface area contributed by atoms with Crippen LogP contribution in [0.3, 0.4) is 0 Å². The van der Waals surface area contributed by atoms with Crippen molar-refractivity contribution in [3.8, 4) is 0 Å². The van der Waals surface area contributed by atoms with Crippen LogP contribution in [-0.4, -0.2) is 56.0 Å². The molecule has 30 heavy (non-hydrogen) atoms. The Morgan fingerprint density at radius 2 is 1.97 bits per heavy atom. The summed E-state index contributed by atoms with van der Waals surface area (Å²) >= 11 is 0.957. The monoisotopic (exact) mass is 434 g/mol. The number of hydrogen-bond acceptors (Lipinski definition) is 8. The van der Waals surface area contributed by atoms with Crippen LogP contribution in [0.5, 0.6) is 0 Å². The third-order valence-corrected chi connectivity index (χ3v) is 4.95. The zero-order valence-electron chi connectivity index (χ0n) is 17.0. The topological polar surface area (TPSA) is 115 Å². The molecule has 0 saturated carbocycles. The Balaban J connectivity index is 2.10. The maximum atomic E-state index is 12.4. The van der Waals surface area contributed by atoms with E-state index in [0.29, 0.717) is 16.2 Å². The van der Waals surface area contributed by atoms with Crippen molar-refractivity contribution in [3.63, 3.8) is 0 Å². The summed E-state index contributed by atoms with van der Waals surface area (Å²) in [6.45, 7) is 2.82. The minimum atomic E-state index is -0.738. The first-order valence-corrected chi connectivity index (χ1v) is 9.76. The predicted molar refractivity (Wildman–Crippen MR) is 110 cm³/mol. The van der Waals surface area contributed by atoms with Gasteiger partial charge in [0.25, 0.3) is 11.8 Å². The number of nitrogens with zero attached hydrogens (tertiary/aromatic N) is 1. The van der Waals surface area contributed by atoms with Crippen molar-refractivity contribution in [1.82, 2.24) is 4.90 Å². The number of carbonyl (C=O) groups is 4. The summed E-state index contributed by atoms with van der Waals surface area (Å²) < 4.78 is 15.0. The van der Waals surface area contributed by atoms with E-state index in [1.165, 1.54) is 17.2 Å². The number of anilines is 1. The zero-order chi connectivity index (χ0) is 22.3. The lowest BCUT2D eigenvalue weighted by atomic mass is 10.1. The van der Waals surface area contributed by atoms with Crippen LogP contribution in [0.1, 0.15) is 38.3 Å². The third-order valence-electron chi connectivity index (χ3n) is 3.75. The molecule has 2 heterocycles. The molecular weight excluding hydrogens is 412 g/mol. The van der Waals surface area contributed by atoms with Gasteiger partial charge in [0.1, 0.15) is 10.8 Å². The van der Waals surface area contributed by atoms with Crippen LogP contribution in [0.4, 0.5) is 5.00 Å². The van der Waals surface area contributed by atoms with E-state index in [4.69, 9.17) is 13.9 Å². The van der Waals surface area contributed by atoms with Gasteiger partial charge in [0.15, 0.2) is 6.61 Å².